The van der Waals surface area contributed by atoms with Crippen LogP contribution in [0.2, 0.25) is 0 Å². The Morgan fingerprint density at radius 1 is 1.70 bits per heavy atom. The summed E-state index contributed by atoms with van der Waals surface area (Å²) in [5.74, 6) is -0.00292. The third-order valence-corrected chi connectivity index (χ3v) is 1.04. The molecule has 10 heavy (non-hydrogen) atoms. The van der Waals surface area contributed by atoms with Crippen LogP contribution in [0.5, 0.6) is 0 Å². The van der Waals surface area contributed by atoms with E-state index in [1.165, 1.54) is 7.11 Å². The third kappa shape index (κ3) is 3.20. The standard InChI is InChI=1S/C8H12O2/c1-4-5-8(9)7(2)6-10-3/h4H,1-2,5-6H2,3H3. The molecule has 2 nitrogen and oxygen atoms in total. The molecule has 0 heterocycles. The normalized spacial score (nSPS) is 8.90. The van der Waals surface area contributed by atoms with Crippen molar-refractivity contribution >= 4 is 5.78 Å². The molecule has 0 saturated heterocycles. The van der Waals surface area contributed by atoms with Crippen LogP contribution in [0, 0.1) is 0 Å². The van der Waals surface area contributed by atoms with Crippen LogP contribution >= 0.6 is 0 Å². The number of Topliss-reactive ketones (excluding diaryl/α,β-unsaturated/α-hetero) is 1. The summed E-state index contributed by atoms with van der Waals surface area (Å²) in [6, 6.07) is 0. The van der Waals surface area contributed by atoms with Gasteiger partial charge in [0, 0.05) is 19.1 Å². The number of carbonyl (C=O) groups excluding carboxylic acids is 1. The lowest BCUT2D eigenvalue weighted by Crippen LogP contribution is -2.04. The number of carbonyl (C=O) groups is 1. The first kappa shape index (κ1) is 9.11. The van der Waals surface area contributed by atoms with Crippen molar-refractivity contribution in [1.82, 2.24) is 0 Å². The molecular formula is C8H12O2. The molecule has 0 aromatic carbocycles. The number of methoxy groups -OCH3 is 1. The van der Waals surface area contributed by atoms with E-state index < -0.39 is 0 Å². The van der Waals surface area contributed by atoms with E-state index in [-0.39, 0.29) is 5.78 Å². The molecule has 0 bridgehead atoms. The van der Waals surface area contributed by atoms with E-state index in [9.17, 15) is 4.79 Å². The van der Waals surface area contributed by atoms with Crippen LogP contribution in [0.3, 0.4) is 0 Å². The molecule has 0 unspecified atom stereocenters. The molecule has 0 radical (unpaired) electrons. The summed E-state index contributed by atoms with van der Waals surface area (Å²) in [6.45, 7) is 7.29. The fourth-order valence-electron chi connectivity index (χ4n) is 0.530. The monoisotopic (exact) mass is 140 g/mol. The highest BCUT2D eigenvalue weighted by Gasteiger charge is 2.02. The second kappa shape index (κ2) is 4.94. The number of ketones is 1. The van der Waals surface area contributed by atoms with E-state index >= 15 is 0 Å². The maximum absolute atomic E-state index is 10.9. The van der Waals surface area contributed by atoms with Gasteiger partial charge in [-0.3, -0.25) is 4.79 Å². The van der Waals surface area contributed by atoms with Crippen LogP contribution in [0.15, 0.2) is 24.8 Å². The maximum Gasteiger partial charge on any atom is 0.164 e. The average molecular weight is 140 g/mol. The summed E-state index contributed by atoms with van der Waals surface area (Å²) < 4.78 is 4.72. The van der Waals surface area contributed by atoms with E-state index in [1.54, 1.807) is 6.08 Å². The molecule has 0 aromatic heterocycles. The predicted molar refractivity (Wildman–Crippen MR) is 40.8 cm³/mol. The van der Waals surface area contributed by atoms with E-state index in [0.717, 1.165) is 0 Å². The van der Waals surface area contributed by atoms with Crippen LogP contribution in [-0.2, 0) is 9.53 Å². The second-order valence-electron chi connectivity index (χ2n) is 1.95. The highest BCUT2D eigenvalue weighted by Crippen LogP contribution is 1.97. The van der Waals surface area contributed by atoms with Gasteiger partial charge in [-0.2, -0.15) is 0 Å². The molecule has 56 valence electrons. The quantitative estimate of drug-likeness (QED) is 0.425. The second-order valence-corrected chi connectivity index (χ2v) is 1.95. The largest absolute Gasteiger partial charge is 0.380 e. The van der Waals surface area contributed by atoms with Crippen molar-refractivity contribution in [3.63, 3.8) is 0 Å². The molecule has 0 aliphatic heterocycles. The van der Waals surface area contributed by atoms with E-state index in [4.69, 9.17) is 4.74 Å². The Balaban J connectivity index is 3.70. The van der Waals surface area contributed by atoms with Gasteiger partial charge in [0.15, 0.2) is 5.78 Å². The third-order valence-electron chi connectivity index (χ3n) is 1.04. The summed E-state index contributed by atoms with van der Waals surface area (Å²) in [4.78, 5) is 10.9. The zero-order chi connectivity index (χ0) is 7.98. The molecule has 0 fully saturated rings. The van der Waals surface area contributed by atoms with Crippen LogP contribution < -0.4 is 0 Å². The molecular weight excluding hydrogens is 128 g/mol. The summed E-state index contributed by atoms with van der Waals surface area (Å²) in [5.41, 5.74) is 0.502. The Morgan fingerprint density at radius 2 is 2.30 bits per heavy atom. The Kier molecular flexibility index (Phi) is 4.50. The average Bonchev–Trinajstić information content (AvgIpc) is 1.89. The molecule has 0 rings (SSSR count). The number of allylic oxidation sites excluding steroid dienone is 1. The summed E-state index contributed by atoms with van der Waals surface area (Å²) in [7, 11) is 1.53. The Bertz CT molecular complexity index is 147. The lowest BCUT2D eigenvalue weighted by Gasteiger charge is -1.99. The SMILES string of the molecule is C=CCC(=O)C(=C)COC. The summed E-state index contributed by atoms with van der Waals surface area (Å²) in [6.07, 6.45) is 1.91. The lowest BCUT2D eigenvalue weighted by molar-refractivity contribution is -0.115. The number of hydrogen-bond acceptors (Lipinski definition) is 2. The van der Waals surface area contributed by atoms with Gasteiger partial charge in [0.2, 0.25) is 0 Å². The molecule has 0 atom stereocenters. The van der Waals surface area contributed by atoms with Gasteiger partial charge < -0.3 is 4.74 Å². The highest BCUT2D eigenvalue weighted by molar-refractivity contribution is 5.95. The van der Waals surface area contributed by atoms with E-state index in [0.29, 0.717) is 18.6 Å². The van der Waals surface area contributed by atoms with Gasteiger partial charge in [-0.1, -0.05) is 12.7 Å². The predicted octanol–water partition coefficient (Wildman–Crippen LogP) is 1.33. The minimum Gasteiger partial charge on any atom is -0.380 e. The highest BCUT2D eigenvalue weighted by atomic mass is 16.5. The Hall–Kier alpha value is -0.890. The first-order valence-electron chi connectivity index (χ1n) is 3.03. The van der Waals surface area contributed by atoms with Gasteiger partial charge in [0.05, 0.1) is 6.61 Å². The van der Waals surface area contributed by atoms with Gasteiger partial charge >= 0.3 is 0 Å². The maximum atomic E-state index is 10.9. The van der Waals surface area contributed by atoms with Gasteiger partial charge in [-0.05, 0) is 0 Å². The van der Waals surface area contributed by atoms with Crippen molar-refractivity contribution in [2.24, 2.45) is 0 Å². The smallest absolute Gasteiger partial charge is 0.164 e. The van der Waals surface area contributed by atoms with E-state index in [1.807, 2.05) is 0 Å². The number of rotatable bonds is 5. The van der Waals surface area contributed by atoms with Crippen molar-refractivity contribution in [2.75, 3.05) is 13.7 Å². The molecule has 0 aromatic rings. The van der Waals surface area contributed by atoms with Crippen molar-refractivity contribution < 1.29 is 9.53 Å². The van der Waals surface area contributed by atoms with Crippen LogP contribution in [0.1, 0.15) is 6.42 Å². The van der Waals surface area contributed by atoms with Crippen LogP contribution in [0.4, 0.5) is 0 Å². The Morgan fingerprint density at radius 3 is 2.70 bits per heavy atom. The minimum atomic E-state index is -0.00292. The molecule has 0 N–H and O–H groups in total. The Labute approximate surface area is 61.2 Å². The van der Waals surface area contributed by atoms with E-state index in [2.05, 4.69) is 13.2 Å². The number of hydrogen-bond donors (Lipinski definition) is 0. The molecule has 2 heteroatoms. The number of ether oxygens (including phenoxy) is 1. The molecule has 0 saturated carbocycles. The molecule has 0 aliphatic rings. The van der Waals surface area contributed by atoms with Crippen LogP contribution in [-0.4, -0.2) is 19.5 Å². The summed E-state index contributed by atoms with van der Waals surface area (Å²) >= 11 is 0. The summed E-state index contributed by atoms with van der Waals surface area (Å²) in [5, 5.41) is 0. The first-order valence-corrected chi connectivity index (χ1v) is 3.03. The fraction of sp³-hybridized carbons (Fsp3) is 0.375. The van der Waals surface area contributed by atoms with Gasteiger partial charge in [-0.15, -0.1) is 6.58 Å². The lowest BCUT2D eigenvalue weighted by atomic mass is 10.1. The van der Waals surface area contributed by atoms with Crippen molar-refractivity contribution in [3.8, 4) is 0 Å². The molecule has 0 amide bonds. The molecule has 0 spiro atoms. The van der Waals surface area contributed by atoms with Crippen molar-refractivity contribution in [3.05, 3.63) is 24.8 Å². The first-order chi connectivity index (χ1) is 4.72. The van der Waals surface area contributed by atoms with Crippen LogP contribution in [0.25, 0.3) is 0 Å². The van der Waals surface area contributed by atoms with Gasteiger partial charge in [0.1, 0.15) is 0 Å². The zero-order valence-corrected chi connectivity index (χ0v) is 6.22. The van der Waals surface area contributed by atoms with Crippen molar-refractivity contribution in [1.29, 1.82) is 0 Å². The zero-order valence-electron chi connectivity index (χ0n) is 6.22. The van der Waals surface area contributed by atoms with Gasteiger partial charge in [-0.25, -0.2) is 0 Å². The van der Waals surface area contributed by atoms with Gasteiger partial charge in [0.25, 0.3) is 0 Å². The fourth-order valence-corrected chi connectivity index (χ4v) is 0.530. The topological polar surface area (TPSA) is 26.3 Å². The van der Waals surface area contributed by atoms with Crippen molar-refractivity contribution in [2.45, 2.75) is 6.42 Å². The molecule has 0 aliphatic carbocycles. The minimum absolute atomic E-state index is 0.00292.